The molecule has 2 nitrogen and oxygen atoms in total. The molecule has 0 unspecified atom stereocenters. The Hall–Kier alpha value is -1.75. The van der Waals surface area contributed by atoms with Crippen LogP contribution in [-0.2, 0) is 0 Å². The number of nitrogens with one attached hydrogen (secondary N) is 1. The fourth-order valence-corrected chi connectivity index (χ4v) is 2.53. The summed E-state index contributed by atoms with van der Waals surface area (Å²) in [4.78, 5) is 0.921. The van der Waals surface area contributed by atoms with Gasteiger partial charge in [-0.3, -0.25) is 0 Å². The van der Waals surface area contributed by atoms with Crippen molar-refractivity contribution in [1.82, 2.24) is 0 Å². The van der Waals surface area contributed by atoms with E-state index in [0.29, 0.717) is 0 Å². The zero-order valence-electron chi connectivity index (χ0n) is 11.5. The van der Waals surface area contributed by atoms with E-state index in [1.165, 1.54) is 31.0 Å². The number of aryl methyl sites for hydroxylation is 1. The molecule has 0 amide bonds. The predicted molar refractivity (Wildman–Crippen MR) is 78.3 cm³/mol. The Morgan fingerprint density at radius 1 is 1.10 bits per heavy atom. The summed E-state index contributed by atoms with van der Waals surface area (Å²) in [6, 6.07) is 8.30. The van der Waals surface area contributed by atoms with Crippen LogP contribution in [0.25, 0.3) is 0 Å². The molecular weight excluding hydrogens is 280 g/mol. The van der Waals surface area contributed by atoms with Crippen LogP contribution in [0, 0.1) is 25.5 Å². The zero-order valence-corrected chi connectivity index (χ0v) is 12.3. The van der Waals surface area contributed by atoms with Gasteiger partial charge in [-0.15, -0.1) is 0 Å². The van der Waals surface area contributed by atoms with Crippen molar-refractivity contribution < 1.29 is 13.5 Å². The maximum absolute atomic E-state index is 13.8. The second kappa shape index (κ2) is 6.13. The van der Waals surface area contributed by atoms with Gasteiger partial charge < -0.3 is 9.46 Å². The second-order valence-electron chi connectivity index (χ2n) is 4.37. The molecule has 0 saturated carbocycles. The molecular formula is C15H15F2NOS. The van der Waals surface area contributed by atoms with E-state index in [1.54, 1.807) is 7.11 Å². The van der Waals surface area contributed by atoms with Crippen molar-refractivity contribution in [2.45, 2.75) is 18.7 Å². The Balaban J connectivity index is 2.13. The molecule has 2 rings (SSSR count). The van der Waals surface area contributed by atoms with Gasteiger partial charge in [-0.2, -0.15) is 0 Å². The minimum absolute atomic E-state index is 0.0153. The van der Waals surface area contributed by atoms with Crippen LogP contribution < -0.4 is 9.46 Å². The SMILES string of the molecule is COc1ccc(SNc2ccc(F)c(C)c2F)cc1C. The van der Waals surface area contributed by atoms with E-state index in [1.807, 2.05) is 25.1 Å². The van der Waals surface area contributed by atoms with Crippen molar-refractivity contribution in [3.63, 3.8) is 0 Å². The van der Waals surface area contributed by atoms with Gasteiger partial charge in [-0.1, -0.05) is 0 Å². The largest absolute Gasteiger partial charge is 0.496 e. The van der Waals surface area contributed by atoms with Gasteiger partial charge in [0.1, 0.15) is 11.6 Å². The number of halogens is 2. The summed E-state index contributed by atoms with van der Waals surface area (Å²) in [6.45, 7) is 3.35. The number of ether oxygens (including phenoxy) is 1. The van der Waals surface area contributed by atoms with E-state index in [0.717, 1.165) is 16.2 Å². The van der Waals surface area contributed by atoms with Crippen molar-refractivity contribution in [2.75, 3.05) is 11.8 Å². The maximum atomic E-state index is 13.8. The molecule has 1 N–H and O–H groups in total. The lowest BCUT2D eigenvalue weighted by atomic mass is 10.2. The van der Waals surface area contributed by atoms with Crippen LogP contribution in [0.4, 0.5) is 14.5 Å². The number of methoxy groups -OCH3 is 1. The smallest absolute Gasteiger partial charge is 0.152 e. The third kappa shape index (κ3) is 3.04. The average Bonchev–Trinajstić information content (AvgIpc) is 2.44. The Bertz CT molecular complexity index is 632. The Kier molecular flexibility index (Phi) is 4.49. The van der Waals surface area contributed by atoms with Crippen LogP contribution in [0.1, 0.15) is 11.1 Å². The highest BCUT2D eigenvalue weighted by Crippen LogP contribution is 2.28. The van der Waals surface area contributed by atoms with E-state index in [4.69, 9.17) is 4.74 Å². The van der Waals surface area contributed by atoms with Crippen LogP contribution in [0.2, 0.25) is 0 Å². The van der Waals surface area contributed by atoms with Gasteiger partial charge in [0.2, 0.25) is 0 Å². The number of hydrogen-bond acceptors (Lipinski definition) is 3. The molecule has 0 aliphatic carbocycles. The lowest BCUT2D eigenvalue weighted by Crippen LogP contribution is -1.96. The van der Waals surface area contributed by atoms with Gasteiger partial charge in [-0.25, -0.2) is 8.78 Å². The van der Waals surface area contributed by atoms with E-state index in [-0.39, 0.29) is 11.3 Å². The molecule has 0 spiro atoms. The van der Waals surface area contributed by atoms with Gasteiger partial charge in [0.05, 0.1) is 12.8 Å². The molecule has 0 saturated heterocycles. The molecule has 5 heteroatoms. The predicted octanol–water partition coefficient (Wildman–Crippen LogP) is 4.71. The molecule has 0 heterocycles. The molecule has 0 radical (unpaired) electrons. The van der Waals surface area contributed by atoms with Crippen molar-refractivity contribution in [3.05, 3.63) is 53.1 Å². The maximum Gasteiger partial charge on any atom is 0.152 e. The van der Waals surface area contributed by atoms with Gasteiger partial charge in [0.15, 0.2) is 5.82 Å². The highest BCUT2D eigenvalue weighted by Gasteiger charge is 2.10. The van der Waals surface area contributed by atoms with Gasteiger partial charge >= 0.3 is 0 Å². The van der Waals surface area contributed by atoms with Crippen LogP contribution in [0.3, 0.4) is 0 Å². The molecule has 2 aromatic carbocycles. The number of rotatable bonds is 4. The van der Waals surface area contributed by atoms with Gasteiger partial charge in [0.25, 0.3) is 0 Å². The summed E-state index contributed by atoms with van der Waals surface area (Å²) in [7, 11) is 1.62. The first-order chi connectivity index (χ1) is 9.52. The normalized spacial score (nSPS) is 10.4. The fourth-order valence-electron chi connectivity index (χ4n) is 1.77. The van der Waals surface area contributed by atoms with E-state index < -0.39 is 11.6 Å². The first kappa shape index (κ1) is 14.7. The monoisotopic (exact) mass is 295 g/mol. The molecule has 0 aliphatic rings. The highest BCUT2D eigenvalue weighted by molar-refractivity contribution is 8.00. The Morgan fingerprint density at radius 3 is 2.50 bits per heavy atom. The first-order valence-corrected chi connectivity index (χ1v) is 6.86. The minimum atomic E-state index is -0.567. The van der Waals surface area contributed by atoms with Crippen LogP contribution in [0.5, 0.6) is 5.75 Å². The Morgan fingerprint density at radius 2 is 1.85 bits per heavy atom. The molecule has 0 fully saturated rings. The summed E-state index contributed by atoms with van der Waals surface area (Å²) in [5.74, 6) is -0.306. The summed E-state index contributed by atoms with van der Waals surface area (Å²) >= 11 is 1.27. The average molecular weight is 295 g/mol. The molecule has 0 aliphatic heterocycles. The van der Waals surface area contributed by atoms with E-state index in [2.05, 4.69) is 4.72 Å². The summed E-state index contributed by atoms with van der Waals surface area (Å²) in [5.41, 5.74) is 1.28. The van der Waals surface area contributed by atoms with E-state index >= 15 is 0 Å². The van der Waals surface area contributed by atoms with Crippen molar-refractivity contribution in [2.24, 2.45) is 0 Å². The van der Waals surface area contributed by atoms with Crippen molar-refractivity contribution >= 4 is 17.6 Å². The van der Waals surface area contributed by atoms with Crippen LogP contribution >= 0.6 is 11.9 Å². The number of hydrogen-bond donors (Lipinski definition) is 1. The lowest BCUT2D eigenvalue weighted by Gasteiger charge is -2.10. The molecule has 0 bridgehead atoms. The topological polar surface area (TPSA) is 21.3 Å². The first-order valence-electron chi connectivity index (χ1n) is 6.05. The molecule has 0 aromatic heterocycles. The lowest BCUT2D eigenvalue weighted by molar-refractivity contribution is 0.411. The van der Waals surface area contributed by atoms with Crippen molar-refractivity contribution in [3.8, 4) is 5.75 Å². The molecule has 20 heavy (non-hydrogen) atoms. The Labute approximate surface area is 121 Å². The third-order valence-corrected chi connectivity index (χ3v) is 3.78. The number of anilines is 1. The second-order valence-corrected chi connectivity index (χ2v) is 5.25. The highest BCUT2D eigenvalue weighted by atomic mass is 32.2. The fraction of sp³-hybridized carbons (Fsp3) is 0.200. The number of benzene rings is 2. The van der Waals surface area contributed by atoms with Crippen LogP contribution in [-0.4, -0.2) is 7.11 Å². The van der Waals surface area contributed by atoms with Crippen molar-refractivity contribution in [1.29, 1.82) is 0 Å². The third-order valence-electron chi connectivity index (χ3n) is 2.97. The zero-order chi connectivity index (χ0) is 14.7. The minimum Gasteiger partial charge on any atom is -0.496 e. The summed E-state index contributed by atoms with van der Waals surface area (Å²) in [6.07, 6.45) is 0. The van der Waals surface area contributed by atoms with Gasteiger partial charge in [-0.05, 0) is 61.7 Å². The standard InChI is InChI=1S/C15H15F2NOS/c1-9-8-11(4-7-14(9)19-3)20-18-13-6-5-12(16)10(2)15(13)17/h4-8,18H,1-3H3. The quantitative estimate of drug-likeness (QED) is 0.825. The summed E-state index contributed by atoms with van der Waals surface area (Å²) < 4.78 is 35.1. The van der Waals surface area contributed by atoms with E-state index in [9.17, 15) is 8.78 Å². The van der Waals surface area contributed by atoms with Gasteiger partial charge in [0, 0.05) is 10.5 Å². The molecule has 106 valence electrons. The van der Waals surface area contributed by atoms with Crippen LogP contribution in [0.15, 0.2) is 35.2 Å². The summed E-state index contributed by atoms with van der Waals surface area (Å²) in [5, 5.41) is 0. The molecule has 2 aromatic rings. The molecule has 0 atom stereocenters.